The Labute approximate surface area is 161 Å². The standard InChI is InChI=1S/C19H20N4OS2/c1-22(11-14-9-10-25-12-14)17(24)13-26-19-21-20-18(15-7-8-15)23(19)16-5-3-2-4-6-16/h2-6,9-10,12,15H,7-8,11,13H2,1H3. The Morgan fingerprint density at radius 1 is 1.27 bits per heavy atom. The van der Waals surface area contributed by atoms with E-state index in [1.165, 1.54) is 17.3 Å². The minimum atomic E-state index is 0.0942. The molecule has 1 saturated carbocycles. The van der Waals surface area contributed by atoms with E-state index in [2.05, 4.69) is 38.3 Å². The molecule has 1 fully saturated rings. The molecule has 2 aromatic heterocycles. The van der Waals surface area contributed by atoms with Gasteiger partial charge in [0.2, 0.25) is 5.91 Å². The number of benzene rings is 1. The number of thiophene rings is 1. The van der Waals surface area contributed by atoms with Crippen molar-refractivity contribution in [2.45, 2.75) is 30.5 Å². The predicted octanol–water partition coefficient (Wildman–Crippen LogP) is 3.96. The van der Waals surface area contributed by atoms with Gasteiger partial charge in [0.25, 0.3) is 0 Å². The maximum absolute atomic E-state index is 12.5. The van der Waals surface area contributed by atoms with Crippen LogP contribution in [0.15, 0.2) is 52.3 Å². The number of aromatic nitrogens is 3. The highest BCUT2D eigenvalue weighted by molar-refractivity contribution is 7.99. The number of rotatable bonds is 7. The van der Waals surface area contributed by atoms with Crippen LogP contribution in [0, 0.1) is 0 Å². The van der Waals surface area contributed by atoms with Crippen LogP contribution in [-0.2, 0) is 11.3 Å². The number of para-hydroxylation sites is 1. The average molecular weight is 385 g/mol. The molecule has 0 bridgehead atoms. The summed E-state index contributed by atoms with van der Waals surface area (Å²) < 4.78 is 2.11. The Hall–Kier alpha value is -2.12. The van der Waals surface area contributed by atoms with Crippen molar-refractivity contribution in [3.8, 4) is 5.69 Å². The summed E-state index contributed by atoms with van der Waals surface area (Å²) in [5, 5.41) is 13.7. The van der Waals surface area contributed by atoms with Gasteiger partial charge < -0.3 is 4.90 Å². The van der Waals surface area contributed by atoms with Crippen LogP contribution in [0.2, 0.25) is 0 Å². The van der Waals surface area contributed by atoms with E-state index >= 15 is 0 Å². The van der Waals surface area contributed by atoms with E-state index in [-0.39, 0.29) is 5.91 Å². The summed E-state index contributed by atoms with van der Waals surface area (Å²) in [6, 6.07) is 12.2. The summed E-state index contributed by atoms with van der Waals surface area (Å²) in [4.78, 5) is 14.3. The van der Waals surface area contributed by atoms with Crippen LogP contribution in [0.1, 0.15) is 30.1 Å². The highest BCUT2D eigenvalue weighted by atomic mass is 32.2. The maximum Gasteiger partial charge on any atom is 0.233 e. The third-order valence-corrected chi connectivity index (χ3v) is 6.01. The van der Waals surface area contributed by atoms with E-state index in [1.807, 2.05) is 30.6 Å². The van der Waals surface area contributed by atoms with Gasteiger partial charge in [0, 0.05) is 25.2 Å². The van der Waals surface area contributed by atoms with Gasteiger partial charge in [-0.05, 0) is 47.4 Å². The highest BCUT2D eigenvalue weighted by Gasteiger charge is 2.31. The summed E-state index contributed by atoms with van der Waals surface area (Å²) in [7, 11) is 1.85. The third kappa shape index (κ3) is 3.83. The molecule has 4 rings (SSSR count). The van der Waals surface area contributed by atoms with Gasteiger partial charge in [-0.1, -0.05) is 30.0 Å². The maximum atomic E-state index is 12.5. The van der Waals surface area contributed by atoms with Crippen LogP contribution < -0.4 is 0 Å². The van der Waals surface area contributed by atoms with E-state index in [4.69, 9.17) is 0 Å². The summed E-state index contributed by atoms with van der Waals surface area (Å²) in [6.45, 7) is 0.640. The lowest BCUT2D eigenvalue weighted by atomic mass is 10.3. The molecule has 134 valence electrons. The number of carbonyl (C=O) groups excluding carboxylic acids is 1. The number of hydrogen-bond donors (Lipinski definition) is 0. The Balaban J connectivity index is 1.47. The zero-order chi connectivity index (χ0) is 17.9. The molecule has 0 radical (unpaired) electrons. The van der Waals surface area contributed by atoms with Gasteiger partial charge in [0.1, 0.15) is 5.82 Å². The summed E-state index contributed by atoms with van der Waals surface area (Å²) in [5.74, 6) is 1.96. The van der Waals surface area contributed by atoms with Crippen molar-refractivity contribution in [1.82, 2.24) is 19.7 Å². The lowest BCUT2D eigenvalue weighted by Crippen LogP contribution is -2.27. The van der Waals surface area contributed by atoms with Crippen LogP contribution in [-0.4, -0.2) is 38.4 Å². The summed E-state index contributed by atoms with van der Waals surface area (Å²) in [5.41, 5.74) is 2.22. The van der Waals surface area contributed by atoms with Gasteiger partial charge in [-0.2, -0.15) is 11.3 Å². The van der Waals surface area contributed by atoms with Crippen molar-refractivity contribution in [3.05, 3.63) is 58.5 Å². The molecule has 5 nitrogen and oxygen atoms in total. The zero-order valence-corrected chi connectivity index (χ0v) is 16.2. The number of hydrogen-bond acceptors (Lipinski definition) is 5. The largest absolute Gasteiger partial charge is 0.341 e. The molecule has 0 atom stereocenters. The lowest BCUT2D eigenvalue weighted by Gasteiger charge is -2.16. The Kier molecular flexibility index (Phi) is 5.08. The number of carbonyl (C=O) groups is 1. The molecular formula is C19H20N4OS2. The van der Waals surface area contributed by atoms with Gasteiger partial charge in [-0.3, -0.25) is 9.36 Å². The van der Waals surface area contributed by atoms with E-state index in [1.54, 1.807) is 16.2 Å². The Bertz CT molecular complexity index is 872. The van der Waals surface area contributed by atoms with Crippen LogP contribution in [0.3, 0.4) is 0 Å². The van der Waals surface area contributed by atoms with Gasteiger partial charge in [0.15, 0.2) is 5.16 Å². The monoisotopic (exact) mass is 384 g/mol. The summed E-state index contributed by atoms with van der Waals surface area (Å²) >= 11 is 3.11. The molecule has 3 aromatic rings. The van der Waals surface area contributed by atoms with Crippen LogP contribution in [0.25, 0.3) is 5.69 Å². The van der Waals surface area contributed by atoms with Gasteiger partial charge in [0.05, 0.1) is 5.75 Å². The highest BCUT2D eigenvalue weighted by Crippen LogP contribution is 2.41. The molecule has 1 amide bonds. The first-order chi connectivity index (χ1) is 12.7. The minimum absolute atomic E-state index is 0.0942. The van der Waals surface area contributed by atoms with Crippen molar-refractivity contribution in [1.29, 1.82) is 0 Å². The molecule has 0 saturated heterocycles. The van der Waals surface area contributed by atoms with Crippen molar-refractivity contribution in [2.75, 3.05) is 12.8 Å². The third-order valence-electron chi connectivity index (χ3n) is 4.37. The van der Waals surface area contributed by atoms with E-state index in [9.17, 15) is 4.79 Å². The fraction of sp³-hybridized carbons (Fsp3) is 0.316. The van der Waals surface area contributed by atoms with E-state index < -0.39 is 0 Å². The fourth-order valence-corrected chi connectivity index (χ4v) is 4.34. The second-order valence-electron chi connectivity index (χ2n) is 6.46. The molecule has 1 aliphatic rings. The molecule has 1 aromatic carbocycles. The topological polar surface area (TPSA) is 51.0 Å². The molecular weight excluding hydrogens is 364 g/mol. The minimum Gasteiger partial charge on any atom is -0.341 e. The normalized spacial score (nSPS) is 13.7. The smallest absolute Gasteiger partial charge is 0.233 e. The van der Waals surface area contributed by atoms with Gasteiger partial charge >= 0.3 is 0 Å². The van der Waals surface area contributed by atoms with Crippen molar-refractivity contribution >= 4 is 29.0 Å². The first-order valence-electron chi connectivity index (χ1n) is 8.61. The average Bonchev–Trinajstić information content (AvgIpc) is 3.21. The van der Waals surface area contributed by atoms with Gasteiger partial charge in [-0.25, -0.2) is 0 Å². The molecule has 2 heterocycles. The molecule has 26 heavy (non-hydrogen) atoms. The molecule has 0 spiro atoms. The van der Waals surface area contributed by atoms with E-state index in [0.717, 1.165) is 29.5 Å². The first-order valence-corrected chi connectivity index (χ1v) is 10.5. The second-order valence-corrected chi connectivity index (χ2v) is 8.18. The number of nitrogens with zero attached hydrogens (tertiary/aromatic N) is 4. The molecule has 0 unspecified atom stereocenters. The van der Waals surface area contributed by atoms with Crippen molar-refractivity contribution in [3.63, 3.8) is 0 Å². The SMILES string of the molecule is CN(Cc1ccsc1)C(=O)CSc1nnc(C2CC2)n1-c1ccccc1. The zero-order valence-electron chi connectivity index (χ0n) is 14.5. The molecule has 0 N–H and O–H groups in total. The molecule has 0 aliphatic heterocycles. The fourth-order valence-electron chi connectivity index (χ4n) is 2.78. The van der Waals surface area contributed by atoms with Crippen molar-refractivity contribution in [2.24, 2.45) is 0 Å². The van der Waals surface area contributed by atoms with Crippen LogP contribution in [0.4, 0.5) is 0 Å². The predicted molar refractivity (Wildman–Crippen MR) is 105 cm³/mol. The first kappa shape index (κ1) is 17.3. The van der Waals surface area contributed by atoms with Crippen LogP contribution in [0.5, 0.6) is 0 Å². The molecule has 7 heteroatoms. The number of amides is 1. The molecule has 1 aliphatic carbocycles. The summed E-state index contributed by atoms with van der Waals surface area (Å²) in [6.07, 6.45) is 2.33. The van der Waals surface area contributed by atoms with Crippen molar-refractivity contribution < 1.29 is 4.79 Å². The second kappa shape index (κ2) is 7.63. The lowest BCUT2D eigenvalue weighted by molar-refractivity contribution is -0.127. The quantitative estimate of drug-likeness (QED) is 0.579. The van der Waals surface area contributed by atoms with Gasteiger partial charge in [-0.15, -0.1) is 10.2 Å². The van der Waals surface area contributed by atoms with Crippen LogP contribution >= 0.6 is 23.1 Å². The Morgan fingerprint density at radius 2 is 2.08 bits per heavy atom. The number of thioether (sulfide) groups is 1. The van der Waals surface area contributed by atoms with E-state index in [0.29, 0.717) is 18.2 Å². The Morgan fingerprint density at radius 3 is 2.77 bits per heavy atom.